The zero-order valence-corrected chi connectivity index (χ0v) is 20.6. The van der Waals surface area contributed by atoms with E-state index in [0.29, 0.717) is 24.7 Å². The van der Waals surface area contributed by atoms with Crippen molar-refractivity contribution in [3.63, 3.8) is 0 Å². The molecule has 0 spiro atoms. The molecule has 2 atom stereocenters. The van der Waals surface area contributed by atoms with Crippen molar-refractivity contribution in [3.05, 3.63) is 47.7 Å². The monoisotopic (exact) mass is 519 g/mol. The van der Waals surface area contributed by atoms with Gasteiger partial charge in [0.1, 0.15) is 6.04 Å². The molecule has 2 heterocycles. The van der Waals surface area contributed by atoms with Gasteiger partial charge in [-0.25, -0.2) is 13.6 Å². The Morgan fingerprint density at radius 1 is 1.08 bits per heavy atom. The number of Topliss-reactive ketones (excluding diaryl/α,β-unsaturated/α-hetero) is 1. The number of ether oxygens (including phenoxy) is 1. The van der Waals surface area contributed by atoms with Gasteiger partial charge < -0.3 is 24.7 Å². The van der Waals surface area contributed by atoms with E-state index in [1.807, 2.05) is 0 Å². The Morgan fingerprint density at radius 3 is 2.43 bits per heavy atom. The van der Waals surface area contributed by atoms with Crippen LogP contribution in [0.15, 0.2) is 34.7 Å². The van der Waals surface area contributed by atoms with E-state index in [1.165, 1.54) is 4.90 Å². The van der Waals surface area contributed by atoms with Crippen LogP contribution in [0, 0.1) is 0 Å². The molecular formula is C25H31F2N5O5. The molecule has 2 aliphatic rings. The summed E-state index contributed by atoms with van der Waals surface area (Å²) in [6, 6.07) is 4.86. The number of morpholine rings is 1. The highest BCUT2D eigenvalue weighted by Crippen LogP contribution is 2.39. The first-order valence-corrected chi connectivity index (χ1v) is 12.5. The summed E-state index contributed by atoms with van der Waals surface area (Å²) in [5, 5.41) is 12.6. The van der Waals surface area contributed by atoms with Crippen LogP contribution in [0.4, 0.5) is 13.6 Å². The number of aromatic nitrogens is 2. The quantitative estimate of drug-likeness (QED) is 0.437. The molecule has 2 N–H and O–H groups in total. The summed E-state index contributed by atoms with van der Waals surface area (Å²) in [7, 11) is 0. The Morgan fingerprint density at radius 2 is 1.78 bits per heavy atom. The van der Waals surface area contributed by atoms with Crippen molar-refractivity contribution in [2.45, 2.75) is 63.0 Å². The van der Waals surface area contributed by atoms with Gasteiger partial charge >= 0.3 is 6.03 Å². The lowest BCUT2D eigenvalue weighted by atomic mass is 9.99. The topological polar surface area (TPSA) is 127 Å². The maximum absolute atomic E-state index is 15.1. The van der Waals surface area contributed by atoms with E-state index in [1.54, 1.807) is 37.3 Å². The Hall–Kier alpha value is -3.41. The summed E-state index contributed by atoms with van der Waals surface area (Å²) in [4.78, 5) is 40.3. The predicted molar refractivity (Wildman–Crippen MR) is 127 cm³/mol. The number of urea groups is 1. The minimum Gasteiger partial charge on any atom is -0.418 e. The molecule has 0 bridgehead atoms. The van der Waals surface area contributed by atoms with Crippen molar-refractivity contribution in [3.8, 4) is 0 Å². The lowest BCUT2D eigenvalue weighted by Gasteiger charge is -2.30. The van der Waals surface area contributed by atoms with Gasteiger partial charge in [-0.15, -0.1) is 10.2 Å². The minimum atomic E-state index is -3.31. The third kappa shape index (κ3) is 7.31. The van der Waals surface area contributed by atoms with Crippen molar-refractivity contribution in [1.82, 2.24) is 25.7 Å². The molecule has 1 aromatic heterocycles. The molecule has 1 saturated carbocycles. The van der Waals surface area contributed by atoms with Crippen molar-refractivity contribution in [1.29, 1.82) is 0 Å². The van der Waals surface area contributed by atoms with E-state index in [0.717, 1.165) is 12.8 Å². The van der Waals surface area contributed by atoms with Gasteiger partial charge in [-0.3, -0.25) is 9.59 Å². The SMILES string of the molecule is CCC(NC(=O)C(CC(F)(F)Cc1ccccc1)NC(=O)N1CCOCC1)C(=O)c1nnc(C2CC2)o1. The third-order valence-electron chi connectivity index (χ3n) is 6.34. The zero-order chi connectivity index (χ0) is 26.4. The molecule has 2 unspecified atom stereocenters. The third-order valence-corrected chi connectivity index (χ3v) is 6.34. The summed E-state index contributed by atoms with van der Waals surface area (Å²) in [6.07, 6.45) is 0.432. The highest BCUT2D eigenvalue weighted by atomic mass is 19.3. The molecule has 3 amide bonds. The number of hydrogen-bond acceptors (Lipinski definition) is 7. The fourth-order valence-electron chi connectivity index (χ4n) is 4.09. The maximum atomic E-state index is 15.1. The molecule has 1 aliphatic heterocycles. The van der Waals surface area contributed by atoms with Crippen LogP contribution in [0.2, 0.25) is 0 Å². The van der Waals surface area contributed by atoms with E-state index in [2.05, 4.69) is 20.8 Å². The van der Waals surface area contributed by atoms with Crippen LogP contribution in [-0.2, 0) is 16.0 Å². The van der Waals surface area contributed by atoms with Crippen molar-refractivity contribution < 1.29 is 32.3 Å². The summed E-state index contributed by atoms with van der Waals surface area (Å²) < 4.78 is 40.8. The van der Waals surface area contributed by atoms with E-state index in [4.69, 9.17) is 9.15 Å². The summed E-state index contributed by atoms with van der Waals surface area (Å²) in [6.45, 7) is 2.84. The number of halogens is 2. The number of benzene rings is 1. The number of ketones is 1. The number of alkyl halides is 2. The number of rotatable bonds is 11. The van der Waals surface area contributed by atoms with Crippen LogP contribution in [0.25, 0.3) is 0 Å². The van der Waals surface area contributed by atoms with Gasteiger partial charge in [0.25, 0.3) is 11.8 Å². The molecule has 37 heavy (non-hydrogen) atoms. The average Bonchev–Trinajstić information content (AvgIpc) is 3.63. The smallest absolute Gasteiger partial charge is 0.318 e. The van der Waals surface area contributed by atoms with Gasteiger partial charge in [-0.05, 0) is 24.8 Å². The lowest BCUT2D eigenvalue weighted by molar-refractivity contribution is -0.126. The maximum Gasteiger partial charge on any atom is 0.318 e. The van der Waals surface area contributed by atoms with Gasteiger partial charge in [0.15, 0.2) is 0 Å². The molecule has 1 aromatic carbocycles. The van der Waals surface area contributed by atoms with E-state index in [9.17, 15) is 14.4 Å². The Kier molecular flexibility index (Phi) is 8.47. The van der Waals surface area contributed by atoms with Crippen LogP contribution < -0.4 is 10.6 Å². The predicted octanol–water partition coefficient (Wildman–Crippen LogP) is 2.70. The average molecular weight is 520 g/mol. The van der Waals surface area contributed by atoms with E-state index in [-0.39, 0.29) is 31.3 Å². The second kappa shape index (κ2) is 11.8. The number of nitrogens with one attached hydrogen (secondary N) is 2. The molecular weight excluding hydrogens is 488 g/mol. The number of nitrogens with zero attached hydrogens (tertiary/aromatic N) is 3. The lowest BCUT2D eigenvalue weighted by Crippen LogP contribution is -2.56. The minimum absolute atomic E-state index is 0.148. The summed E-state index contributed by atoms with van der Waals surface area (Å²) in [5.74, 6) is -4.52. The standard InChI is InChI=1S/C25H31F2N5O5/c1-2-18(20(33)23-31-30-22(37-23)17-8-9-17)28-21(34)19(29-24(35)32-10-12-36-13-11-32)15-25(26,27)14-16-6-4-3-5-7-16/h3-7,17-19H,2,8-15H2,1H3,(H,28,34)(H,29,35). The number of carbonyl (C=O) groups is 3. The van der Waals surface area contributed by atoms with Crippen LogP contribution in [0.5, 0.6) is 0 Å². The number of hydrogen-bond donors (Lipinski definition) is 2. The van der Waals surface area contributed by atoms with Crippen molar-refractivity contribution >= 4 is 17.7 Å². The van der Waals surface area contributed by atoms with Gasteiger partial charge in [0, 0.05) is 31.8 Å². The van der Waals surface area contributed by atoms with Gasteiger partial charge in [-0.1, -0.05) is 37.3 Å². The normalized spacial score (nSPS) is 17.6. The van der Waals surface area contributed by atoms with Gasteiger partial charge in [0.2, 0.25) is 17.6 Å². The Bertz CT molecular complexity index is 1090. The first-order chi connectivity index (χ1) is 17.8. The fourth-order valence-corrected chi connectivity index (χ4v) is 4.09. The molecule has 4 rings (SSSR count). The highest BCUT2D eigenvalue weighted by Gasteiger charge is 2.39. The molecule has 2 fully saturated rings. The molecule has 0 radical (unpaired) electrons. The Labute approximate surface area is 213 Å². The first-order valence-electron chi connectivity index (χ1n) is 12.5. The van der Waals surface area contributed by atoms with Gasteiger partial charge in [0.05, 0.1) is 19.3 Å². The highest BCUT2D eigenvalue weighted by molar-refractivity contribution is 5.99. The van der Waals surface area contributed by atoms with E-state index >= 15 is 8.78 Å². The van der Waals surface area contributed by atoms with Gasteiger partial charge in [-0.2, -0.15) is 0 Å². The summed E-state index contributed by atoms with van der Waals surface area (Å²) >= 11 is 0. The second-order valence-corrected chi connectivity index (χ2v) is 9.38. The van der Waals surface area contributed by atoms with Crippen LogP contribution in [0.1, 0.15) is 60.7 Å². The Balaban J connectivity index is 1.46. The molecule has 12 heteroatoms. The van der Waals surface area contributed by atoms with Crippen LogP contribution >= 0.6 is 0 Å². The molecule has 1 aliphatic carbocycles. The van der Waals surface area contributed by atoms with Crippen LogP contribution in [-0.4, -0.2) is 77.1 Å². The van der Waals surface area contributed by atoms with Crippen LogP contribution in [0.3, 0.4) is 0 Å². The van der Waals surface area contributed by atoms with Crippen molar-refractivity contribution in [2.24, 2.45) is 0 Å². The molecule has 2 aromatic rings. The second-order valence-electron chi connectivity index (χ2n) is 9.38. The van der Waals surface area contributed by atoms with E-state index < -0.39 is 48.6 Å². The fraction of sp³-hybridized carbons (Fsp3) is 0.560. The molecule has 10 nitrogen and oxygen atoms in total. The largest absolute Gasteiger partial charge is 0.418 e. The number of carbonyl (C=O) groups excluding carboxylic acids is 3. The first kappa shape index (κ1) is 26.6. The van der Waals surface area contributed by atoms with Crippen molar-refractivity contribution in [2.75, 3.05) is 26.3 Å². The number of amides is 3. The molecule has 1 saturated heterocycles. The summed E-state index contributed by atoms with van der Waals surface area (Å²) in [5.41, 5.74) is 0.399. The zero-order valence-electron chi connectivity index (χ0n) is 20.6. The molecule has 200 valence electrons.